The summed E-state index contributed by atoms with van der Waals surface area (Å²) >= 11 is 3.24. The van der Waals surface area contributed by atoms with Crippen LogP contribution in [0.1, 0.15) is 11.5 Å². The number of hydrogen-bond donors (Lipinski definition) is 0. The lowest BCUT2D eigenvalue weighted by Crippen LogP contribution is -1.81. The standard InChI is InChI=1S/C19H15N3OS2/c1-13-6-5-9-15(10-13)18-22-21-17(23-18)12-25-19-20-16(11-24-19)14-7-3-2-4-8-14/h2-11H,12H2,1H3. The molecule has 0 aliphatic rings. The SMILES string of the molecule is Cc1cccc(-c2nnc(CSc3nc(-c4ccccc4)cs3)o2)c1. The van der Waals surface area contributed by atoms with Crippen molar-refractivity contribution in [2.24, 2.45) is 0 Å². The molecule has 0 bridgehead atoms. The molecule has 4 nitrogen and oxygen atoms in total. The monoisotopic (exact) mass is 365 g/mol. The minimum Gasteiger partial charge on any atom is -0.420 e. The highest BCUT2D eigenvalue weighted by Gasteiger charge is 2.11. The number of thioether (sulfide) groups is 1. The summed E-state index contributed by atoms with van der Waals surface area (Å²) < 4.78 is 6.77. The summed E-state index contributed by atoms with van der Waals surface area (Å²) in [5.41, 5.74) is 4.25. The molecule has 0 atom stereocenters. The van der Waals surface area contributed by atoms with E-state index in [1.54, 1.807) is 23.1 Å². The molecule has 0 spiro atoms. The normalized spacial score (nSPS) is 10.9. The Balaban J connectivity index is 1.43. The van der Waals surface area contributed by atoms with Gasteiger partial charge in [-0.3, -0.25) is 0 Å². The molecule has 0 unspecified atom stereocenters. The largest absolute Gasteiger partial charge is 0.420 e. The van der Waals surface area contributed by atoms with E-state index in [4.69, 9.17) is 4.42 Å². The molecule has 0 aliphatic heterocycles. The molecule has 0 saturated heterocycles. The van der Waals surface area contributed by atoms with Gasteiger partial charge in [0.05, 0.1) is 11.4 Å². The van der Waals surface area contributed by atoms with Crippen LogP contribution in [0, 0.1) is 6.92 Å². The van der Waals surface area contributed by atoms with Crippen molar-refractivity contribution in [2.45, 2.75) is 17.0 Å². The number of rotatable bonds is 5. The number of aromatic nitrogens is 3. The molecule has 6 heteroatoms. The summed E-state index contributed by atoms with van der Waals surface area (Å²) in [5, 5.41) is 10.4. The highest BCUT2D eigenvalue weighted by molar-refractivity contribution is 8.00. The average Bonchev–Trinajstić information content (AvgIpc) is 3.30. The minimum absolute atomic E-state index is 0.559. The van der Waals surface area contributed by atoms with Crippen molar-refractivity contribution in [1.82, 2.24) is 15.2 Å². The summed E-state index contributed by atoms with van der Waals surface area (Å²) in [6, 6.07) is 18.2. The number of benzene rings is 2. The molecular weight excluding hydrogens is 350 g/mol. The Morgan fingerprint density at radius 3 is 2.68 bits per heavy atom. The zero-order valence-electron chi connectivity index (χ0n) is 13.5. The molecule has 0 fully saturated rings. The highest BCUT2D eigenvalue weighted by Crippen LogP contribution is 2.30. The van der Waals surface area contributed by atoms with Crippen LogP contribution < -0.4 is 0 Å². The van der Waals surface area contributed by atoms with E-state index in [-0.39, 0.29) is 0 Å². The summed E-state index contributed by atoms with van der Waals surface area (Å²) in [6.45, 7) is 2.05. The minimum atomic E-state index is 0.559. The first-order chi connectivity index (χ1) is 12.3. The van der Waals surface area contributed by atoms with Crippen LogP contribution in [0.4, 0.5) is 0 Å². The molecule has 124 valence electrons. The smallest absolute Gasteiger partial charge is 0.247 e. The van der Waals surface area contributed by atoms with E-state index >= 15 is 0 Å². The zero-order valence-corrected chi connectivity index (χ0v) is 15.2. The second-order valence-electron chi connectivity index (χ2n) is 5.52. The van der Waals surface area contributed by atoms with Gasteiger partial charge < -0.3 is 4.42 Å². The molecule has 2 heterocycles. The predicted octanol–water partition coefficient (Wildman–Crippen LogP) is 5.46. The molecule has 4 rings (SSSR count). The van der Waals surface area contributed by atoms with Crippen LogP contribution in [0.25, 0.3) is 22.7 Å². The molecule has 4 aromatic rings. The second-order valence-corrected chi connectivity index (χ2v) is 7.60. The van der Waals surface area contributed by atoms with E-state index in [0.717, 1.165) is 21.2 Å². The molecule has 0 amide bonds. The molecular formula is C19H15N3OS2. The van der Waals surface area contributed by atoms with Gasteiger partial charge in [-0.2, -0.15) is 0 Å². The number of aryl methyl sites for hydroxylation is 1. The third kappa shape index (κ3) is 3.81. The van der Waals surface area contributed by atoms with Gasteiger partial charge in [0.1, 0.15) is 0 Å². The molecule has 25 heavy (non-hydrogen) atoms. The van der Waals surface area contributed by atoms with Crippen LogP contribution in [0.15, 0.2) is 68.7 Å². The van der Waals surface area contributed by atoms with E-state index in [1.165, 1.54) is 5.56 Å². The Morgan fingerprint density at radius 1 is 1.00 bits per heavy atom. The van der Waals surface area contributed by atoms with Gasteiger partial charge in [0.2, 0.25) is 11.8 Å². The van der Waals surface area contributed by atoms with Gasteiger partial charge in [-0.25, -0.2) is 4.98 Å². The van der Waals surface area contributed by atoms with Crippen molar-refractivity contribution in [3.63, 3.8) is 0 Å². The second kappa shape index (κ2) is 7.21. The fourth-order valence-electron chi connectivity index (χ4n) is 2.40. The van der Waals surface area contributed by atoms with Gasteiger partial charge in [0, 0.05) is 16.5 Å². The third-order valence-corrected chi connectivity index (χ3v) is 5.61. The van der Waals surface area contributed by atoms with Crippen LogP contribution in [-0.2, 0) is 5.75 Å². The van der Waals surface area contributed by atoms with E-state index in [0.29, 0.717) is 17.5 Å². The quantitative estimate of drug-likeness (QED) is 0.440. The lowest BCUT2D eigenvalue weighted by Gasteiger charge is -1.96. The Bertz CT molecular complexity index is 979. The molecule has 0 N–H and O–H groups in total. The maximum Gasteiger partial charge on any atom is 0.247 e. The van der Waals surface area contributed by atoms with Crippen molar-refractivity contribution in [3.8, 4) is 22.7 Å². The summed E-state index contributed by atoms with van der Waals surface area (Å²) in [7, 11) is 0. The van der Waals surface area contributed by atoms with Gasteiger partial charge in [-0.15, -0.1) is 21.5 Å². The zero-order chi connectivity index (χ0) is 17.1. The Kier molecular flexibility index (Phi) is 4.63. The van der Waals surface area contributed by atoms with Crippen molar-refractivity contribution in [2.75, 3.05) is 0 Å². The molecule has 2 aromatic carbocycles. The fraction of sp³-hybridized carbons (Fsp3) is 0.105. The van der Waals surface area contributed by atoms with Gasteiger partial charge in [0.25, 0.3) is 0 Å². The topological polar surface area (TPSA) is 51.8 Å². The fourth-order valence-corrected chi connectivity index (χ4v) is 4.07. The van der Waals surface area contributed by atoms with Crippen molar-refractivity contribution in [3.05, 3.63) is 71.4 Å². The van der Waals surface area contributed by atoms with E-state index < -0.39 is 0 Å². The first-order valence-corrected chi connectivity index (χ1v) is 9.67. The van der Waals surface area contributed by atoms with Gasteiger partial charge in [-0.05, 0) is 19.1 Å². The summed E-state index contributed by atoms with van der Waals surface area (Å²) in [5.74, 6) is 1.78. The van der Waals surface area contributed by atoms with Crippen molar-refractivity contribution < 1.29 is 4.42 Å². The molecule has 2 aromatic heterocycles. The Hall–Kier alpha value is -2.44. The molecule has 0 saturated carbocycles. The highest BCUT2D eigenvalue weighted by atomic mass is 32.2. The maximum absolute atomic E-state index is 5.77. The van der Waals surface area contributed by atoms with Crippen LogP contribution in [0.5, 0.6) is 0 Å². The van der Waals surface area contributed by atoms with Crippen molar-refractivity contribution in [1.29, 1.82) is 0 Å². The molecule has 0 aliphatic carbocycles. The van der Waals surface area contributed by atoms with Crippen LogP contribution in [-0.4, -0.2) is 15.2 Å². The van der Waals surface area contributed by atoms with E-state index in [9.17, 15) is 0 Å². The summed E-state index contributed by atoms with van der Waals surface area (Å²) in [6.07, 6.45) is 0. The van der Waals surface area contributed by atoms with Gasteiger partial charge >= 0.3 is 0 Å². The lowest BCUT2D eigenvalue weighted by molar-refractivity contribution is 0.528. The van der Waals surface area contributed by atoms with Crippen LogP contribution in [0.2, 0.25) is 0 Å². The third-order valence-electron chi connectivity index (χ3n) is 3.60. The van der Waals surface area contributed by atoms with Crippen LogP contribution >= 0.6 is 23.1 Å². The van der Waals surface area contributed by atoms with Gasteiger partial charge in [0.15, 0.2) is 4.34 Å². The number of thiazole rings is 1. The van der Waals surface area contributed by atoms with Crippen LogP contribution in [0.3, 0.4) is 0 Å². The molecule has 0 radical (unpaired) electrons. The predicted molar refractivity (Wildman–Crippen MR) is 102 cm³/mol. The Labute approximate surface area is 154 Å². The first-order valence-electron chi connectivity index (χ1n) is 7.81. The van der Waals surface area contributed by atoms with E-state index in [1.807, 2.05) is 49.4 Å². The van der Waals surface area contributed by atoms with Crippen molar-refractivity contribution >= 4 is 23.1 Å². The first kappa shape index (κ1) is 16.1. The number of nitrogens with zero attached hydrogens (tertiary/aromatic N) is 3. The Morgan fingerprint density at radius 2 is 1.84 bits per heavy atom. The average molecular weight is 365 g/mol. The maximum atomic E-state index is 5.77. The number of hydrogen-bond acceptors (Lipinski definition) is 6. The van der Waals surface area contributed by atoms with Gasteiger partial charge in [-0.1, -0.05) is 59.8 Å². The summed E-state index contributed by atoms with van der Waals surface area (Å²) in [4.78, 5) is 4.66. The lowest BCUT2D eigenvalue weighted by atomic mass is 10.1. The van der Waals surface area contributed by atoms with E-state index in [2.05, 4.69) is 32.7 Å².